The summed E-state index contributed by atoms with van der Waals surface area (Å²) in [5.41, 5.74) is 5.34. The largest absolute Gasteiger partial charge is 0.329 e. The molecule has 3 N–H and O–H groups in total. The van der Waals surface area contributed by atoms with Crippen molar-refractivity contribution in [3.8, 4) is 0 Å². The molecule has 1 aromatic rings. The molecule has 2 nitrogen and oxygen atoms in total. The lowest BCUT2D eigenvalue weighted by Gasteiger charge is -1.99. The monoisotopic (exact) mass is 234 g/mol. The van der Waals surface area contributed by atoms with E-state index in [1.165, 1.54) is 9.35 Å². The van der Waals surface area contributed by atoms with Gasteiger partial charge in [0, 0.05) is 29.0 Å². The minimum atomic E-state index is 0.697. The Balaban J connectivity index is 2.32. The molecule has 0 amide bonds. The Morgan fingerprint density at radius 3 is 3.00 bits per heavy atom. The van der Waals surface area contributed by atoms with Gasteiger partial charge in [-0.2, -0.15) is 0 Å². The van der Waals surface area contributed by atoms with Crippen LogP contribution in [0, 0.1) is 0 Å². The first-order chi connectivity index (χ1) is 5.34. The van der Waals surface area contributed by atoms with Crippen LogP contribution in [-0.4, -0.2) is 13.1 Å². The maximum atomic E-state index is 5.34. The molecule has 0 fully saturated rings. The third-order valence-electron chi connectivity index (χ3n) is 1.30. The van der Waals surface area contributed by atoms with Gasteiger partial charge in [-0.15, -0.1) is 11.3 Å². The van der Waals surface area contributed by atoms with Crippen molar-refractivity contribution in [2.75, 3.05) is 13.1 Å². The highest BCUT2D eigenvalue weighted by atomic mass is 79.9. The second kappa shape index (κ2) is 4.87. The molecule has 0 unspecified atom stereocenters. The Morgan fingerprint density at radius 2 is 2.45 bits per heavy atom. The van der Waals surface area contributed by atoms with Crippen LogP contribution in [0.3, 0.4) is 0 Å². The molecule has 62 valence electrons. The fraction of sp³-hybridized carbons (Fsp3) is 0.429. The van der Waals surface area contributed by atoms with Crippen molar-refractivity contribution in [3.05, 3.63) is 20.8 Å². The summed E-state index contributed by atoms with van der Waals surface area (Å²) >= 11 is 5.21. The summed E-state index contributed by atoms with van der Waals surface area (Å²) in [6, 6.07) is 2.06. The van der Waals surface area contributed by atoms with Crippen molar-refractivity contribution >= 4 is 27.3 Å². The normalized spacial score (nSPS) is 10.4. The number of hydrogen-bond donors (Lipinski definition) is 2. The van der Waals surface area contributed by atoms with Crippen LogP contribution in [0.5, 0.6) is 0 Å². The van der Waals surface area contributed by atoms with Crippen LogP contribution in [0.1, 0.15) is 4.88 Å². The van der Waals surface area contributed by atoms with Gasteiger partial charge in [0.1, 0.15) is 0 Å². The molecule has 1 heterocycles. The van der Waals surface area contributed by atoms with Crippen LogP contribution >= 0.6 is 27.3 Å². The fourth-order valence-corrected chi connectivity index (χ4v) is 2.22. The van der Waals surface area contributed by atoms with Gasteiger partial charge in [-0.3, -0.25) is 0 Å². The van der Waals surface area contributed by atoms with Crippen molar-refractivity contribution < 1.29 is 0 Å². The van der Waals surface area contributed by atoms with Gasteiger partial charge in [0.25, 0.3) is 0 Å². The number of halogens is 1. The Bertz CT molecular complexity index is 212. The molecular weight excluding hydrogens is 224 g/mol. The Hall–Kier alpha value is 0.100. The molecule has 0 aliphatic carbocycles. The predicted octanol–water partition coefficient (Wildman–Crippen LogP) is 1.56. The zero-order valence-corrected chi connectivity index (χ0v) is 8.54. The number of rotatable bonds is 4. The Morgan fingerprint density at radius 1 is 1.64 bits per heavy atom. The molecule has 0 aromatic carbocycles. The third-order valence-corrected chi connectivity index (χ3v) is 3.22. The van der Waals surface area contributed by atoms with Gasteiger partial charge < -0.3 is 11.1 Å². The first kappa shape index (κ1) is 9.19. The molecule has 0 saturated carbocycles. The average molecular weight is 235 g/mol. The summed E-state index contributed by atoms with van der Waals surface area (Å²) in [5.74, 6) is 0. The average Bonchev–Trinajstić information content (AvgIpc) is 2.37. The highest BCUT2D eigenvalue weighted by Crippen LogP contribution is 2.21. The number of nitrogens with two attached hydrogens (primary N) is 1. The van der Waals surface area contributed by atoms with E-state index >= 15 is 0 Å². The van der Waals surface area contributed by atoms with E-state index in [1.54, 1.807) is 11.3 Å². The van der Waals surface area contributed by atoms with Crippen LogP contribution < -0.4 is 11.1 Å². The molecule has 0 atom stereocenters. The van der Waals surface area contributed by atoms with Gasteiger partial charge >= 0.3 is 0 Å². The summed E-state index contributed by atoms with van der Waals surface area (Å²) < 4.78 is 1.19. The van der Waals surface area contributed by atoms with E-state index in [9.17, 15) is 0 Å². The van der Waals surface area contributed by atoms with Crippen LogP contribution in [0.15, 0.2) is 15.9 Å². The SMILES string of the molecule is NCCNCc1sccc1Br. The predicted molar refractivity (Wildman–Crippen MR) is 52.8 cm³/mol. The zero-order valence-electron chi connectivity index (χ0n) is 6.14. The highest BCUT2D eigenvalue weighted by molar-refractivity contribution is 9.10. The zero-order chi connectivity index (χ0) is 8.10. The highest BCUT2D eigenvalue weighted by Gasteiger charge is 1.98. The molecule has 0 saturated heterocycles. The summed E-state index contributed by atoms with van der Waals surface area (Å²) in [6.45, 7) is 2.49. The van der Waals surface area contributed by atoms with E-state index in [0.717, 1.165) is 13.1 Å². The van der Waals surface area contributed by atoms with E-state index in [4.69, 9.17) is 5.73 Å². The van der Waals surface area contributed by atoms with E-state index in [1.807, 2.05) is 0 Å². The molecule has 0 bridgehead atoms. The number of thiophene rings is 1. The molecule has 11 heavy (non-hydrogen) atoms. The molecular formula is C7H11BrN2S. The summed E-state index contributed by atoms with van der Waals surface area (Å²) in [6.07, 6.45) is 0. The molecule has 0 aliphatic rings. The molecule has 0 aliphatic heterocycles. The lowest BCUT2D eigenvalue weighted by Crippen LogP contribution is -2.21. The van der Waals surface area contributed by atoms with Crippen molar-refractivity contribution in [2.45, 2.75) is 6.54 Å². The summed E-state index contributed by atoms with van der Waals surface area (Å²) in [7, 11) is 0. The van der Waals surface area contributed by atoms with E-state index in [2.05, 4.69) is 32.7 Å². The van der Waals surface area contributed by atoms with Gasteiger partial charge in [0.15, 0.2) is 0 Å². The molecule has 4 heteroatoms. The van der Waals surface area contributed by atoms with Crippen LogP contribution in [0.4, 0.5) is 0 Å². The summed E-state index contributed by atoms with van der Waals surface area (Å²) in [4.78, 5) is 1.33. The van der Waals surface area contributed by atoms with Gasteiger partial charge in [-0.05, 0) is 27.4 Å². The van der Waals surface area contributed by atoms with Crippen LogP contribution in [0.2, 0.25) is 0 Å². The second-order valence-corrected chi connectivity index (χ2v) is 4.01. The van der Waals surface area contributed by atoms with Crippen molar-refractivity contribution in [1.29, 1.82) is 0 Å². The van der Waals surface area contributed by atoms with Crippen molar-refractivity contribution in [3.63, 3.8) is 0 Å². The van der Waals surface area contributed by atoms with E-state index in [0.29, 0.717) is 6.54 Å². The number of hydrogen-bond acceptors (Lipinski definition) is 3. The lowest BCUT2D eigenvalue weighted by molar-refractivity contribution is 0.700. The topological polar surface area (TPSA) is 38.0 Å². The molecule has 1 rings (SSSR count). The Labute approximate surface area is 78.9 Å². The van der Waals surface area contributed by atoms with Gasteiger partial charge in [0.05, 0.1) is 0 Å². The van der Waals surface area contributed by atoms with Gasteiger partial charge in [-0.1, -0.05) is 0 Å². The minimum absolute atomic E-state index is 0.697. The third kappa shape index (κ3) is 2.91. The van der Waals surface area contributed by atoms with E-state index < -0.39 is 0 Å². The maximum Gasteiger partial charge on any atom is 0.0327 e. The standard InChI is InChI=1S/C7H11BrN2S/c8-6-1-4-11-7(6)5-10-3-2-9/h1,4,10H,2-3,5,9H2. The molecule has 0 spiro atoms. The number of nitrogens with one attached hydrogen (secondary N) is 1. The first-order valence-corrected chi connectivity index (χ1v) is 5.14. The summed E-state index contributed by atoms with van der Waals surface area (Å²) in [5, 5.41) is 5.31. The fourth-order valence-electron chi connectivity index (χ4n) is 0.755. The smallest absolute Gasteiger partial charge is 0.0327 e. The Kier molecular flexibility index (Phi) is 4.07. The lowest BCUT2D eigenvalue weighted by atomic mass is 10.4. The van der Waals surface area contributed by atoms with Crippen molar-refractivity contribution in [2.24, 2.45) is 5.73 Å². The van der Waals surface area contributed by atoms with Gasteiger partial charge in [-0.25, -0.2) is 0 Å². The quantitative estimate of drug-likeness (QED) is 0.777. The first-order valence-electron chi connectivity index (χ1n) is 3.47. The molecule has 1 aromatic heterocycles. The molecule has 0 radical (unpaired) electrons. The van der Waals surface area contributed by atoms with Crippen LogP contribution in [-0.2, 0) is 6.54 Å². The van der Waals surface area contributed by atoms with Crippen molar-refractivity contribution in [1.82, 2.24) is 5.32 Å². The minimum Gasteiger partial charge on any atom is -0.329 e. The van der Waals surface area contributed by atoms with Crippen LogP contribution in [0.25, 0.3) is 0 Å². The van der Waals surface area contributed by atoms with E-state index in [-0.39, 0.29) is 0 Å². The second-order valence-electron chi connectivity index (χ2n) is 2.16. The van der Waals surface area contributed by atoms with Gasteiger partial charge in [0.2, 0.25) is 0 Å². The maximum absolute atomic E-state index is 5.34.